The van der Waals surface area contributed by atoms with Crippen LogP contribution in [0.1, 0.15) is 26.5 Å². The summed E-state index contributed by atoms with van der Waals surface area (Å²) >= 11 is 0. The number of esters is 2. The van der Waals surface area contributed by atoms with Gasteiger partial charge in [-0.15, -0.1) is 0 Å². The Labute approximate surface area is 132 Å². The normalized spacial score (nSPS) is 10.0. The number of carbonyl (C=O) groups is 2. The van der Waals surface area contributed by atoms with Crippen LogP contribution in [-0.2, 0) is 16.1 Å². The number of methoxy groups -OCH3 is 3. The molecule has 2 aromatic rings. The van der Waals surface area contributed by atoms with Gasteiger partial charge in [-0.3, -0.25) is 0 Å². The van der Waals surface area contributed by atoms with E-state index in [2.05, 4.69) is 4.74 Å². The van der Waals surface area contributed by atoms with Crippen molar-refractivity contribution in [1.82, 2.24) is 0 Å². The third-order valence-corrected chi connectivity index (χ3v) is 3.10. The molecule has 122 valence electrons. The zero-order chi connectivity index (χ0) is 16.8. The Kier molecular flexibility index (Phi) is 5.24. The molecule has 0 aliphatic rings. The number of hydrogen-bond acceptors (Lipinski definition) is 7. The molecule has 1 aromatic heterocycles. The molecule has 2 rings (SSSR count). The molecule has 0 spiro atoms. The highest BCUT2D eigenvalue weighted by Gasteiger charge is 2.18. The van der Waals surface area contributed by atoms with Gasteiger partial charge in [0.15, 0.2) is 11.5 Å². The van der Waals surface area contributed by atoms with E-state index in [4.69, 9.17) is 18.6 Å². The average Bonchev–Trinajstić information content (AvgIpc) is 3.06. The Morgan fingerprint density at radius 3 is 2.39 bits per heavy atom. The van der Waals surface area contributed by atoms with Crippen LogP contribution >= 0.6 is 0 Å². The van der Waals surface area contributed by atoms with Crippen molar-refractivity contribution < 1.29 is 33.0 Å². The van der Waals surface area contributed by atoms with Crippen molar-refractivity contribution in [2.24, 2.45) is 0 Å². The van der Waals surface area contributed by atoms with Crippen LogP contribution in [0, 0.1) is 0 Å². The topological polar surface area (TPSA) is 84.2 Å². The number of benzene rings is 1. The highest BCUT2D eigenvalue weighted by atomic mass is 16.5. The highest BCUT2D eigenvalue weighted by Crippen LogP contribution is 2.28. The summed E-state index contributed by atoms with van der Waals surface area (Å²) < 4.78 is 25.0. The Balaban J connectivity index is 2.08. The molecule has 7 nitrogen and oxygen atoms in total. The van der Waals surface area contributed by atoms with Gasteiger partial charge in [0.05, 0.1) is 33.2 Å². The Bertz CT molecular complexity index is 702. The van der Waals surface area contributed by atoms with Crippen LogP contribution in [0.5, 0.6) is 11.5 Å². The maximum absolute atomic E-state index is 12.1. The first-order valence-corrected chi connectivity index (χ1v) is 6.64. The minimum atomic E-state index is -0.632. The number of hydrogen-bond donors (Lipinski definition) is 0. The van der Waals surface area contributed by atoms with Gasteiger partial charge >= 0.3 is 11.9 Å². The highest BCUT2D eigenvalue weighted by molar-refractivity contribution is 5.91. The van der Waals surface area contributed by atoms with Crippen LogP contribution in [0.3, 0.4) is 0 Å². The molecule has 1 heterocycles. The summed E-state index contributed by atoms with van der Waals surface area (Å²) in [7, 11) is 4.22. The van der Waals surface area contributed by atoms with Gasteiger partial charge in [0, 0.05) is 5.56 Å². The number of rotatable bonds is 6. The van der Waals surface area contributed by atoms with Crippen molar-refractivity contribution in [1.29, 1.82) is 0 Å². The molecule has 0 amide bonds. The fourth-order valence-electron chi connectivity index (χ4n) is 1.91. The van der Waals surface area contributed by atoms with E-state index in [1.54, 1.807) is 12.1 Å². The molecular weight excluding hydrogens is 304 g/mol. The molecule has 0 aliphatic carbocycles. The van der Waals surface area contributed by atoms with Gasteiger partial charge in [0.25, 0.3) is 0 Å². The first-order chi connectivity index (χ1) is 11.1. The largest absolute Gasteiger partial charge is 0.493 e. The van der Waals surface area contributed by atoms with E-state index in [9.17, 15) is 9.59 Å². The monoisotopic (exact) mass is 320 g/mol. The summed E-state index contributed by atoms with van der Waals surface area (Å²) in [6.07, 6.45) is 1.33. The predicted octanol–water partition coefficient (Wildman–Crippen LogP) is 2.44. The first-order valence-electron chi connectivity index (χ1n) is 6.64. The lowest BCUT2D eigenvalue weighted by atomic mass is 10.2. The van der Waals surface area contributed by atoms with Crippen LogP contribution in [-0.4, -0.2) is 33.3 Å². The van der Waals surface area contributed by atoms with E-state index in [-0.39, 0.29) is 12.4 Å². The maximum atomic E-state index is 12.1. The lowest BCUT2D eigenvalue weighted by molar-refractivity contribution is 0.0453. The van der Waals surface area contributed by atoms with Crippen molar-refractivity contribution in [3.63, 3.8) is 0 Å². The third kappa shape index (κ3) is 3.63. The molecule has 23 heavy (non-hydrogen) atoms. The average molecular weight is 320 g/mol. The minimum Gasteiger partial charge on any atom is -0.493 e. The zero-order valence-corrected chi connectivity index (χ0v) is 13.0. The molecule has 0 bridgehead atoms. The lowest BCUT2D eigenvalue weighted by Crippen LogP contribution is -2.08. The van der Waals surface area contributed by atoms with Crippen molar-refractivity contribution in [2.75, 3.05) is 21.3 Å². The molecule has 0 fully saturated rings. The second kappa shape index (κ2) is 7.35. The molecule has 7 heteroatoms. The second-order valence-corrected chi connectivity index (χ2v) is 4.41. The van der Waals surface area contributed by atoms with Crippen LogP contribution in [0.25, 0.3) is 0 Å². The van der Waals surface area contributed by atoms with Crippen LogP contribution in [0.4, 0.5) is 0 Å². The van der Waals surface area contributed by atoms with E-state index in [0.717, 1.165) is 0 Å². The van der Waals surface area contributed by atoms with Crippen LogP contribution < -0.4 is 9.47 Å². The van der Waals surface area contributed by atoms with Gasteiger partial charge in [-0.1, -0.05) is 0 Å². The van der Waals surface area contributed by atoms with Crippen LogP contribution in [0.15, 0.2) is 34.9 Å². The zero-order valence-electron chi connectivity index (χ0n) is 13.0. The molecule has 0 N–H and O–H groups in total. The Morgan fingerprint density at radius 2 is 1.74 bits per heavy atom. The fraction of sp³-hybridized carbons (Fsp3) is 0.250. The van der Waals surface area contributed by atoms with E-state index in [1.165, 1.54) is 39.7 Å². The summed E-state index contributed by atoms with van der Waals surface area (Å²) in [5.74, 6) is -0.268. The molecular formula is C16H16O7. The molecule has 0 atom stereocenters. The fourth-order valence-corrected chi connectivity index (χ4v) is 1.91. The van der Waals surface area contributed by atoms with Crippen molar-refractivity contribution in [2.45, 2.75) is 6.61 Å². The van der Waals surface area contributed by atoms with Gasteiger partial charge in [-0.05, 0) is 24.3 Å². The minimum absolute atomic E-state index is 0.00705. The van der Waals surface area contributed by atoms with Gasteiger partial charge in [-0.2, -0.15) is 0 Å². The number of ether oxygens (including phenoxy) is 4. The molecule has 0 saturated heterocycles. The lowest BCUT2D eigenvalue weighted by Gasteiger charge is -2.09. The van der Waals surface area contributed by atoms with E-state index >= 15 is 0 Å². The van der Waals surface area contributed by atoms with E-state index in [0.29, 0.717) is 22.6 Å². The summed E-state index contributed by atoms with van der Waals surface area (Å²) in [6, 6.07) is 6.21. The first kappa shape index (κ1) is 16.4. The van der Waals surface area contributed by atoms with Gasteiger partial charge < -0.3 is 23.4 Å². The van der Waals surface area contributed by atoms with Gasteiger partial charge in [0.1, 0.15) is 6.61 Å². The molecule has 1 aromatic carbocycles. The van der Waals surface area contributed by atoms with Crippen molar-refractivity contribution in [3.05, 3.63) is 47.4 Å². The predicted molar refractivity (Wildman–Crippen MR) is 78.7 cm³/mol. The third-order valence-electron chi connectivity index (χ3n) is 3.10. The molecule has 0 saturated carbocycles. The van der Waals surface area contributed by atoms with Crippen molar-refractivity contribution in [3.8, 4) is 11.5 Å². The smallest absolute Gasteiger partial charge is 0.374 e. The maximum Gasteiger partial charge on any atom is 0.374 e. The summed E-state index contributed by atoms with van der Waals surface area (Å²) in [4.78, 5) is 23.6. The molecule has 0 unspecified atom stereocenters. The summed E-state index contributed by atoms with van der Waals surface area (Å²) in [5, 5.41) is 0. The van der Waals surface area contributed by atoms with E-state index in [1.807, 2.05) is 0 Å². The summed E-state index contributed by atoms with van der Waals surface area (Å²) in [5.41, 5.74) is 0.719. The number of carbonyl (C=O) groups excluding carboxylic acids is 2. The van der Waals surface area contributed by atoms with Gasteiger partial charge in [0.2, 0.25) is 5.76 Å². The standard InChI is InChI=1S/C16H16O7/c1-19-12-5-4-10(8-13(12)20-2)15(17)23-9-11-6-7-22-14(11)16(18)21-3/h4-8H,9H2,1-3H3. The Hall–Kier alpha value is -2.96. The van der Waals surface area contributed by atoms with E-state index < -0.39 is 11.9 Å². The SMILES string of the molecule is COC(=O)c1occc1COC(=O)c1ccc(OC)c(OC)c1. The summed E-state index contributed by atoms with van der Waals surface area (Å²) in [6.45, 7) is -0.117. The van der Waals surface area contributed by atoms with Crippen LogP contribution in [0.2, 0.25) is 0 Å². The number of furan rings is 1. The van der Waals surface area contributed by atoms with Gasteiger partial charge in [-0.25, -0.2) is 9.59 Å². The second-order valence-electron chi connectivity index (χ2n) is 4.41. The Morgan fingerprint density at radius 1 is 1.00 bits per heavy atom. The quantitative estimate of drug-likeness (QED) is 0.756. The molecule has 0 aliphatic heterocycles. The molecule has 0 radical (unpaired) electrons. The van der Waals surface area contributed by atoms with Crippen molar-refractivity contribution >= 4 is 11.9 Å².